The first kappa shape index (κ1) is 35.5. The third-order valence-corrected chi connectivity index (χ3v) is 9.30. The molecule has 0 atom stereocenters. The molecule has 0 unspecified atom stereocenters. The molecule has 256 valence electrons. The molecule has 0 aliphatic rings. The average molecular weight is 682 g/mol. The van der Waals surface area contributed by atoms with E-state index in [0.717, 1.165) is 57.0 Å². The smallest absolute Gasteiger partial charge is 0.419 e. The molecule has 3 aromatic carbocycles. The van der Waals surface area contributed by atoms with E-state index >= 15 is 0 Å². The van der Waals surface area contributed by atoms with Gasteiger partial charge >= 0.3 is 6.09 Å². The largest absolute Gasteiger partial charge is 0.744 e. The van der Waals surface area contributed by atoms with Crippen molar-refractivity contribution in [2.45, 2.75) is 85.3 Å². The molecule has 9 nitrogen and oxygen atoms in total. The predicted molar refractivity (Wildman–Crippen MR) is 190 cm³/mol. The number of aryl methyl sites for hydroxylation is 5. The molecule has 3 heterocycles. The fraction of sp³-hybridized carbons (Fsp3) is 0.308. The molecule has 0 amide bonds. The summed E-state index contributed by atoms with van der Waals surface area (Å²) in [6, 6.07) is 23.5. The van der Waals surface area contributed by atoms with Crippen LogP contribution in [0.3, 0.4) is 0 Å². The lowest BCUT2D eigenvalue weighted by molar-refractivity contribution is -0.580. The van der Waals surface area contributed by atoms with Gasteiger partial charge in [-0.25, -0.2) is 17.8 Å². The number of ether oxygens (including phenoxy) is 2. The van der Waals surface area contributed by atoms with Crippen LogP contribution in [0, 0.1) is 20.8 Å². The quantitative estimate of drug-likeness (QED) is 0.130. The number of rotatable bonds is 6. The summed E-state index contributed by atoms with van der Waals surface area (Å²) in [5.41, 5.74) is 7.09. The Bertz CT molecular complexity index is 2270. The molecule has 49 heavy (non-hydrogen) atoms. The van der Waals surface area contributed by atoms with Gasteiger partial charge in [-0.3, -0.25) is 0 Å². The van der Waals surface area contributed by atoms with Gasteiger partial charge in [-0.2, -0.15) is 0 Å². The van der Waals surface area contributed by atoms with E-state index in [0.29, 0.717) is 23.5 Å². The second-order valence-electron chi connectivity index (χ2n) is 13.2. The number of hydrogen-bond donors (Lipinski definition) is 0. The Balaban J connectivity index is 0.000000304. The van der Waals surface area contributed by atoms with Gasteiger partial charge in [-0.15, -0.1) is 0 Å². The molecule has 0 bridgehead atoms. The molecular weight excluding hydrogens is 639 g/mol. The Morgan fingerprint density at radius 3 is 2.16 bits per heavy atom. The van der Waals surface area contributed by atoms with Crippen molar-refractivity contribution in [1.82, 2.24) is 9.67 Å². The lowest BCUT2D eigenvalue weighted by Crippen LogP contribution is -2.31. The van der Waals surface area contributed by atoms with E-state index < -0.39 is 21.8 Å². The molecule has 0 saturated heterocycles. The van der Waals surface area contributed by atoms with Crippen LogP contribution in [-0.2, 0) is 34.3 Å². The lowest BCUT2D eigenvalue weighted by Gasteiger charge is -2.20. The van der Waals surface area contributed by atoms with Crippen molar-refractivity contribution >= 4 is 43.5 Å². The van der Waals surface area contributed by atoms with Crippen LogP contribution in [0.4, 0.5) is 4.79 Å². The van der Waals surface area contributed by atoms with Crippen LogP contribution in [0.15, 0.2) is 83.9 Å². The van der Waals surface area contributed by atoms with Gasteiger partial charge in [-0.05, 0) is 88.8 Å². The highest BCUT2D eigenvalue weighted by molar-refractivity contribution is 7.85. The fourth-order valence-corrected chi connectivity index (χ4v) is 7.11. The zero-order valence-electron chi connectivity index (χ0n) is 29.3. The zero-order valence-corrected chi connectivity index (χ0v) is 30.1. The summed E-state index contributed by atoms with van der Waals surface area (Å²) in [6.07, 6.45) is 3.26. The van der Waals surface area contributed by atoms with E-state index in [1.807, 2.05) is 93.0 Å². The summed E-state index contributed by atoms with van der Waals surface area (Å²) < 4.78 is 48.0. The first-order chi connectivity index (χ1) is 23.1. The Labute approximate surface area is 287 Å². The molecular formula is C39H43N3O6S. The first-order valence-corrected chi connectivity index (χ1v) is 17.8. The molecule has 10 heteroatoms. The van der Waals surface area contributed by atoms with E-state index in [1.165, 1.54) is 5.56 Å². The number of benzene rings is 3. The van der Waals surface area contributed by atoms with Gasteiger partial charge in [0, 0.05) is 34.1 Å². The number of pyridine rings is 1. The van der Waals surface area contributed by atoms with Crippen molar-refractivity contribution in [2.75, 3.05) is 0 Å². The molecule has 0 spiro atoms. The standard InChI is InChI=1S/C30H32N3O3.C9H12O3S/c1-6-21-17-27-28-24(15-16-32(27)31-25(21)7-2)23-14-13-22(35-19-20-11-9-8-10-12-20)18-26(23)33(28)29(34)36-30(3,4)5;1-6-4-7(2)9(8(3)5-6)13(10,11)12/h8-18H,6-7,19H2,1-5H3;4-5H,1-3H3,(H,10,11,12)/q+1;/p-1. The third-order valence-electron chi connectivity index (χ3n) is 8.16. The number of carbonyl (C=O) groups is 1. The molecule has 3 aromatic heterocycles. The predicted octanol–water partition coefficient (Wildman–Crippen LogP) is 7.93. The number of fused-ring (bicyclic) bond motifs is 5. The SMILES string of the molecule is CCc1cc2c3c(cc[n+]2nc1CC)c1ccc(OCc2ccccc2)cc1n3C(=O)OC(C)(C)C.Cc1cc(C)c(S(=O)(=O)[O-])c(C)c1. The second kappa shape index (κ2) is 14.0. The van der Waals surface area contributed by atoms with Crippen molar-refractivity contribution in [3.05, 3.63) is 113 Å². The first-order valence-electron chi connectivity index (χ1n) is 16.4. The summed E-state index contributed by atoms with van der Waals surface area (Å²) in [7, 11) is -4.33. The minimum Gasteiger partial charge on any atom is -0.744 e. The molecule has 0 aliphatic heterocycles. The van der Waals surface area contributed by atoms with E-state index in [4.69, 9.17) is 14.6 Å². The van der Waals surface area contributed by atoms with Gasteiger partial charge in [-0.1, -0.05) is 66.4 Å². The molecule has 0 saturated carbocycles. The zero-order chi connectivity index (χ0) is 35.7. The van der Waals surface area contributed by atoms with Crippen LogP contribution in [0.25, 0.3) is 27.3 Å². The van der Waals surface area contributed by atoms with E-state index in [9.17, 15) is 17.8 Å². The maximum atomic E-state index is 13.6. The van der Waals surface area contributed by atoms with Crippen LogP contribution in [0.1, 0.15) is 68.1 Å². The topological polar surface area (TPSA) is 115 Å². The highest BCUT2D eigenvalue weighted by atomic mass is 32.2. The maximum Gasteiger partial charge on any atom is 0.419 e. The normalized spacial score (nSPS) is 11.9. The monoisotopic (exact) mass is 681 g/mol. The van der Waals surface area contributed by atoms with Gasteiger partial charge in [0.05, 0.1) is 10.4 Å². The van der Waals surface area contributed by atoms with Crippen LogP contribution >= 0.6 is 0 Å². The highest BCUT2D eigenvalue weighted by Crippen LogP contribution is 2.34. The molecule has 0 radical (unpaired) electrons. The van der Waals surface area contributed by atoms with Crippen LogP contribution in [0.2, 0.25) is 0 Å². The average Bonchev–Trinajstić information content (AvgIpc) is 3.36. The third kappa shape index (κ3) is 7.76. The summed E-state index contributed by atoms with van der Waals surface area (Å²) in [5.74, 6) is 0.691. The molecule has 0 fully saturated rings. The Morgan fingerprint density at radius 1 is 0.898 bits per heavy atom. The number of nitrogens with zero attached hydrogens (tertiary/aromatic N) is 3. The number of hydrogen-bond acceptors (Lipinski definition) is 7. The molecule has 0 aliphatic carbocycles. The van der Waals surface area contributed by atoms with Gasteiger partial charge < -0.3 is 14.0 Å². The van der Waals surface area contributed by atoms with E-state index in [1.54, 1.807) is 30.5 Å². The lowest BCUT2D eigenvalue weighted by atomic mass is 10.1. The van der Waals surface area contributed by atoms with Crippen molar-refractivity contribution in [3.63, 3.8) is 0 Å². The van der Waals surface area contributed by atoms with Crippen molar-refractivity contribution in [2.24, 2.45) is 0 Å². The Morgan fingerprint density at radius 2 is 1.57 bits per heavy atom. The Hall–Kier alpha value is -4.80. The van der Waals surface area contributed by atoms with Gasteiger partial charge in [0.15, 0.2) is 0 Å². The number of aromatic nitrogens is 3. The summed E-state index contributed by atoms with van der Waals surface area (Å²) in [6.45, 7) is 15.4. The van der Waals surface area contributed by atoms with Crippen molar-refractivity contribution < 1.29 is 31.8 Å². The van der Waals surface area contributed by atoms with Gasteiger partial charge in [0.25, 0.3) is 5.52 Å². The molecule has 6 rings (SSSR count). The van der Waals surface area contributed by atoms with Crippen LogP contribution < -0.4 is 9.25 Å². The van der Waals surface area contributed by atoms with E-state index in [2.05, 4.69) is 19.9 Å². The second-order valence-corrected chi connectivity index (χ2v) is 14.5. The van der Waals surface area contributed by atoms with Crippen molar-refractivity contribution in [3.8, 4) is 5.75 Å². The Kier molecular flexibility index (Phi) is 10.1. The summed E-state index contributed by atoms with van der Waals surface area (Å²) in [5, 5.41) is 6.80. The minimum atomic E-state index is -4.33. The highest BCUT2D eigenvalue weighted by Gasteiger charge is 2.27. The van der Waals surface area contributed by atoms with Crippen LogP contribution in [-0.4, -0.2) is 34.3 Å². The van der Waals surface area contributed by atoms with Gasteiger partial charge in [0.1, 0.15) is 39.3 Å². The van der Waals surface area contributed by atoms with E-state index in [-0.39, 0.29) is 4.90 Å². The summed E-state index contributed by atoms with van der Waals surface area (Å²) in [4.78, 5) is 13.5. The van der Waals surface area contributed by atoms with Crippen molar-refractivity contribution in [1.29, 1.82) is 0 Å². The maximum absolute atomic E-state index is 13.6. The minimum absolute atomic E-state index is 0.0851. The van der Waals surface area contributed by atoms with Crippen LogP contribution in [0.5, 0.6) is 5.75 Å². The summed E-state index contributed by atoms with van der Waals surface area (Å²) >= 11 is 0. The molecule has 0 N–H and O–H groups in total. The molecule has 6 aromatic rings. The number of carbonyl (C=O) groups excluding carboxylic acids is 1. The fourth-order valence-electron chi connectivity index (χ4n) is 6.21. The van der Waals surface area contributed by atoms with Gasteiger partial charge in [0.2, 0.25) is 6.20 Å².